The van der Waals surface area contributed by atoms with Crippen LogP contribution in [0.15, 0.2) is 64.3 Å². The van der Waals surface area contributed by atoms with Crippen molar-refractivity contribution in [1.29, 1.82) is 0 Å². The number of hydrogen-bond donors (Lipinski definition) is 1. The Morgan fingerprint density at radius 3 is 2.49 bits per heavy atom. The van der Waals surface area contributed by atoms with Crippen molar-refractivity contribution < 1.29 is 27.4 Å². The van der Waals surface area contributed by atoms with E-state index in [2.05, 4.69) is 5.32 Å². The van der Waals surface area contributed by atoms with Crippen LogP contribution in [0.1, 0.15) is 21.5 Å². The first-order valence-electron chi connectivity index (χ1n) is 10.6. The number of rotatable bonds is 9. The fourth-order valence-corrected chi connectivity index (χ4v) is 3.40. The molecule has 3 rings (SSSR count). The Balaban J connectivity index is 1.96. The minimum atomic E-state index is -4.68. The Kier molecular flexibility index (Phi) is 8.13. The second-order valence-corrected chi connectivity index (χ2v) is 7.56. The maximum Gasteiger partial charge on any atom is 0.416 e. The zero-order valence-electron chi connectivity index (χ0n) is 19.1. The van der Waals surface area contributed by atoms with Crippen molar-refractivity contribution in [3.8, 4) is 11.4 Å². The Labute approximate surface area is 198 Å². The van der Waals surface area contributed by atoms with Crippen LogP contribution in [0, 0.1) is 0 Å². The van der Waals surface area contributed by atoms with Gasteiger partial charge in [-0.1, -0.05) is 18.2 Å². The van der Waals surface area contributed by atoms with E-state index in [1.165, 1.54) is 20.3 Å². The average Bonchev–Trinajstić information content (AvgIpc) is 2.83. The predicted molar refractivity (Wildman–Crippen MR) is 122 cm³/mol. The number of halogens is 3. The summed E-state index contributed by atoms with van der Waals surface area (Å²) < 4.78 is 51.4. The van der Waals surface area contributed by atoms with Gasteiger partial charge in [-0.15, -0.1) is 0 Å². The molecule has 3 aromatic rings. The van der Waals surface area contributed by atoms with Gasteiger partial charge in [0.1, 0.15) is 11.3 Å². The van der Waals surface area contributed by atoms with Crippen LogP contribution in [0.4, 0.5) is 13.2 Å². The monoisotopic (exact) mass is 491 g/mol. The largest absolute Gasteiger partial charge is 0.497 e. The van der Waals surface area contributed by atoms with E-state index in [1.54, 1.807) is 18.2 Å². The number of aromatic nitrogens is 2. The Morgan fingerprint density at radius 1 is 1.06 bits per heavy atom. The van der Waals surface area contributed by atoms with Gasteiger partial charge in [0, 0.05) is 19.9 Å². The van der Waals surface area contributed by atoms with E-state index in [1.807, 2.05) is 6.07 Å². The number of nitrogens with one attached hydrogen (secondary N) is 1. The van der Waals surface area contributed by atoms with E-state index in [4.69, 9.17) is 9.47 Å². The molecule has 35 heavy (non-hydrogen) atoms. The highest BCUT2D eigenvalue weighted by Gasteiger charge is 2.31. The average molecular weight is 491 g/mol. The van der Waals surface area contributed by atoms with E-state index >= 15 is 0 Å². The Hall–Kier alpha value is -3.86. The van der Waals surface area contributed by atoms with Gasteiger partial charge in [0.05, 0.1) is 31.5 Å². The van der Waals surface area contributed by atoms with Crippen molar-refractivity contribution in [2.24, 2.45) is 0 Å². The lowest BCUT2D eigenvalue weighted by Crippen LogP contribution is -2.44. The summed E-state index contributed by atoms with van der Waals surface area (Å²) in [5.41, 5.74) is -2.74. The van der Waals surface area contributed by atoms with Gasteiger partial charge in [0.15, 0.2) is 0 Å². The van der Waals surface area contributed by atoms with Crippen molar-refractivity contribution >= 4 is 5.91 Å². The molecule has 1 N–H and O–H groups in total. The fourth-order valence-electron chi connectivity index (χ4n) is 3.40. The van der Waals surface area contributed by atoms with Crippen molar-refractivity contribution in [3.63, 3.8) is 0 Å². The third-order valence-corrected chi connectivity index (χ3v) is 5.20. The summed E-state index contributed by atoms with van der Waals surface area (Å²) in [6, 6.07) is 11.0. The third-order valence-electron chi connectivity index (χ3n) is 5.20. The molecule has 1 amide bonds. The molecule has 0 bridgehead atoms. The summed E-state index contributed by atoms with van der Waals surface area (Å²) in [6.07, 6.45) is -3.15. The lowest BCUT2D eigenvalue weighted by molar-refractivity contribution is -0.137. The van der Waals surface area contributed by atoms with Crippen LogP contribution in [0.3, 0.4) is 0 Å². The number of benzene rings is 2. The lowest BCUT2D eigenvalue weighted by Gasteiger charge is -2.14. The molecule has 0 unspecified atom stereocenters. The van der Waals surface area contributed by atoms with Gasteiger partial charge in [0.2, 0.25) is 0 Å². The van der Waals surface area contributed by atoms with Gasteiger partial charge >= 0.3 is 11.9 Å². The quantitative estimate of drug-likeness (QED) is 0.497. The standard InChI is InChI=1S/C24H24F3N3O5/c1-34-12-11-29-15-20(21(31)28-10-9-16-5-3-8-19(13-16)35-2)22(32)30(23(29)33)18-7-4-6-17(14-18)24(25,26)27/h3-8,13-15H,9-12H2,1-2H3,(H,28,31). The molecule has 0 saturated carbocycles. The van der Waals surface area contributed by atoms with E-state index in [0.29, 0.717) is 22.8 Å². The SMILES string of the molecule is COCCn1cc(C(=O)NCCc2cccc(OC)c2)c(=O)n(-c2cccc(C(F)(F)F)c2)c1=O. The second-order valence-electron chi connectivity index (χ2n) is 7.56. The number of methoxy groups -OCH3 is 2. The minimum absolute atomic E-state index is 0.0152. The molecule has 8 nitrogen and oxygen atoms in total. The topological polar surface area (TPSA) is 91.6 Å². The number of hydrogen-bond acceptors (Lipinski definition) is 5. The summed E-state index contributed by atoms with van der Waals surface area (Å²) >= 11 is 0. The van der Waals surface area contributed by atoms with Gasteiger partial charge in [0.25, 0.3) is 11.5 Å². The summed E-state index contributed by atoms with van der Waals surface area (Å²) in [5, 5.41) is 2.62. The first kappa shape index (κ1) is 25.8. The molecule has 0 radical (unpaired) electrons. The molecule has 2 aromatic carbocycles. The number of carbonyl (C=O) groups is 1. The van der Waals surface area contributed by atoms with Crippen molar-refractivity contribution in [2.45, 2.75) is 19.1 Å². The number of carbonyl (C=O) groups excluding carboxylic acids is 1. The predicted octanol–water partition coefficient (Wildman–Crippen LogP) is 2.65. The molecule has 1 aromatic heterocycles. The van der Waals surface area contributed by atoms with E-state index in [-0.39, 0.29) is 30.9 Å². The van der Waals surface area contributed by atoms with Gasteiger partial charge in [-0.2, -0.15) is 13.2 Å². The van der Waals surface area contributed by atoms with Gasteiger partial charge in [-0.3, -0.25) is 14.2 Å². The molecule has 0 spiro atoms. The van der Waals surface area contributed by atoms with Gasteiger partial charge in [-0.05, 0) is 42.3 Å². The zero-order chi connectivity index (χ0) is 25.6. The Bertz CT molecular complexity index is 1310. The molecule has 11 heteroatoms. The highest BCUT2D eigenvalue weighted by molar-refractivity contribution is 5.93. The second kappa shape index (κ2) is 11.0. The molecule has 0 saturated heterocycles. The first-order valence-corrected chi connectivity index (χ1v) is 10.6. The summed E-state index contributed by atoms with van der Waals surface area (Å²) in [4.78, 5) is 38.9. The lowest BCUT2D eigenvalue weighted by atomic mass is 10.1. The third kappa shape index (κ3) is 6.18. The van der Waals surface area contributed by atoms with Gasteiger partial charge in [-0.25, -0.2) is 9.36 Å². The van der Waals surface area contributed by atoms with Crippen molar-refractivity contribution in [3.05, 3.63) is 92.3 Å². The van der Waals surface area contributed by atoms with E-state index in [9.17, 15) is 27.6 Å². The normalized spacial score (nSPS) is 11.3. The summed E-state index contributed by atoms with van der Waals surface area (Å²) in [6.45, 7) is 0.239. The number of ether oxygens (including phenoxy) is 2. The molecular formula is C24H24F3N3O5. The molecule has 186 valence electrons. The van der Waals surface area contributed by atoms with Crippen LogP contribution < -0.4 is 21.3 Å². The maximum atomic E-state index is 13.2. The minimum Gasteiger partial charge on any atom is -0.497 e. The molecule has 0 aliphatic rings. The Morgan fingerprint density at radius 2 is 1.80 bits per heavy atom. The highest BCUT2D eigenvalue weighted by Crippen LogP contribution is 2.29. The zero-order valence-corrected chi connectivity index (χ0v) is 19.1. The van der Waals surface area contributed by atoms with E-state index < -0.39 is 28.9 Å². The smallest absolute Gasteiger partial charge is 0.416 e. The fraction of sp³-hybridized carbons (Fsp3) is 0.292. The first-order chi connectivity index (χ1) is 16.7. The molecule has 0 fully saturated rings. The summed E-state index contributed by atoms with van der Waals surface area (Å²) in [7, 11) is 2.94. The molecule has 1 heterocycles. The number of nitrogens with zero attached hydrogens (tertiary/aromatic N) is 2. The molecule has 0 aliphatic carbocycles. The number of amides is 1. The molecule has 0 aliphatic heterocycles. The molecular weight excluding hydrogens is 467 g/mol. The van der Waals surface area contributed by atoms with Crippen molar-refractivity contribution in [2.75, 3.05) is 27.4 Å². The number of alkyl halides is 3. The molecule has 0 atom stereocenters. The van der Waals surface area contributed by atoms with E-state index in [0.717, 1.165) is 28.5 Å². The highest BCUT2D eigenvalue weighted by atomic mass is 19.4. The van der Waals surface area contributed by atoms with Crippen LogP contribution in [-0.4, -0.2) is 42.4 Å². The van der Waals surface area contributed by atoms with Gasteiger partial charge < -0.3 is 14.8 Å². The van der Waals surface area contributed by atoms with Crippen LogP contribution in [0.5, 0.6) is 5.75 Å². The van der Waals surface area contributed by atoms with Crippen LogP contribution in [0.25, 0.3) is 5.69 Å². The summed E-state index contributed by atoms with van der Waals surface area (Å²) in [5.74, 6) is -0.104. The van der Waals surface area contributed by atoms with Crippen LogP contribution >= 0.6 is 0 Å². The maximum absolute atomic E-state index is 13.2. The van der Waals surface area contributed by atoms with Crippen LogP contribution in [-0.2, 0) is 23.9 Å². The van der Waals surface area contributed by atoms with Crippen LogP contribution in [0.2, 0.25) is 0 Å². The van der Waals surface area contributed by atoms with Crippen molar-refractivity contribution in [1.82, 2.24) is 14.5 Å².